The Labute approximate surface area is 215 Å². The van der Waals surface area contributed by atoms with Crippen LogP contribution in [-0.2, 0) is 11.3 Å². The van der Waals surface area contributed by atoms with E-state index < -0.39 is 5.82 Å². The highest BCUT2D eigenvalue weighted by molar-refractivity contribution is 6.07. The highest BCUT2D eigenvalue weighted by Crippen LogP contribution is 2.37. The molecule has 2 aliphatic carbocycles. The van der Waals surface area contributed by atoms with E-state index in [1.54, 1.807) is 11.0 Å². The Hall–Kier alpha value is -3.82. The minimum absolute atomic E-state index is 0.00523. The number of hydrogen-bond acceptors (Lipinski definition) is 6. The van der Waals surface area contributed by atoms with Gasteiger partial charge >= 0.3 is 0 Å². The summed E-state index contributed by atoms with van der Waals surface area (Å²) in [5, 5.41) is 10.2. The van der Waals surface area contributed by atoms with Crippen molar-refractivity contribution in [2.45, 2.75) is 70.6 Å². The molecular formula is C27H32FN7O2. The van der Waals surface area contributed by atoms with Gasteiger partial charge in [0.05, 0.1) is 12.6 Å². The monoisotopic (exact) mass is 505 g/mol. The average Bonchev–Trinajstić information content (AvgIpc) is 3.51. The number of carbonyl (C=O) groups is 2. The quantitative estimate of drug-likeness (QED) is 0.628. The smallest absolute Gasteiger partial charge is 0.257 e. The molecule has 5 rings (SSSR count). The number of guanidine groups is 1. The third-order valence-electron chi connectivity index (χ3n) is 7.07. The lowest BCUT2D eigenvalue weighted by molar-refractivity contribution is -0.126. The van der Waals surface area contributed by atoms with Crippen molar-refractivity contribution >= 4 is 17.8 Å². The average molecular weight is 506 g/mol. The van der Waals surface area contributed by atoms with E-state index in [0.29, 0.717) is 24.5 Å². The molecule has 1 aromatic carbocycles. The number of aliphatic imine (C=N–C) groups is 1. The van der Waals surface area contributed by atoms with Crippen molar-refractivity contribution in [3.8, 4) is 0 Å². The molecule has 1 atom stereocenters. The van der Waals surface area contributed by atoms with E-state index in [0.717, 1.165) is 37.0 Å². The van der Waals surface area contributed by atoms with Gasteiger partial charge in [-0.05, 0) is 81.9 Å². The van der Waals surface area contributed by atoms with Crippen molar-refractivity contribution in [1.82, 2.24) is 30.3 Å². The normalized spacial score (nSPS) is 23.2. The fraction of sp³-hybridized carbons (Fsp3) is 0.444. The second-order valence-electron chi connectivity index (χ2n) is 10.1. The zero-order valence-corrected chi connectivity index (χ0v) is 21.1. The molecule has 3 aliphatic rings. The van der Waals surface area contributed by atoms with Crippen molar-refractivity contribution in [1.29, 1.82) is 0 Å². The minimum Gasteiger partial charge on any atom is -0.354 e. The lowest BCUT2D eigenvalue weighted by Crippen LogP contribution is -2.48. The van der Waals surface area contributed by atoms with Crippen LogP contribution in [0.25, 0.3) is 0 Å². The molecule has 1 aromatic heterocycles. The summed E-state index contributed by atoms with van der Waals surface area (Å²) in [6, 6.07) is 5.61. The number of nitrogens with one attached hydrogen (secondary N) is 2. The molecule has 0 spiro atoms. The summed E-state index contributed by atoms with van der Waals surface area (Å²) in [6.45, 7) is 4.55. The zero-order chi connectivity index (χ0) is 25.9. The number of halogens is 1. The van der Waals surface area contributed by atoms with Gasteiger partial charge in [-0.2, -0.15) is 5.10 Å². The third kappa shape index (κ3) is 5.63. The van der Waals surface area contributed by atoms with Crippen molar-refractivity contribution in [2.24, 2.45) is 10.9 Å². The second-order valence-corrected chi connectivity index (χ2v) is 10.1. The fourth-order valence-corrected chi connectivity index (χ4v) is 5.27. The number of allylic oxidation sites excluding steroid dienone is 2. The van der Waals surface area contributed by atoms with E-state index in [1.165, 1.54) is 30.6 Å². The van der Waals surface area contributed by atoms with Crippen molar-refractivity contribution in [2.75, 3.05) is 0 Å². The van der Waals surface area contributed by atoms with Gasteiger partial charge in [-0.3, -0.25) is 14.9 Å². The lowest BCUT2D eigenvalue weighted by atomic mass is 9.84. The van der Waals surface area contributed by atoms with Crippen LogP contribution in [0.3, 0.4) is 0 Å². The maximum absolute atomic E-state index is 13.4. The molecule has 194 valence electrons. The first kappa shape index (κ1) is 24.9. The summed E-state index contributed by atoms with van der Waals surface area (Å²) in [5.74, 6) is -0.104. The van der Waals surface area contributed by atoms with Crippen molar-refractivity contribution < 1.29 is 14.0 Å². The highest BCUT2D eigenvalue weighted by atomic mass is 19.1. The maximum atomic E-state index is 13.4. The van der Waals surface area contributed by atoms with Gasteiger partial charge in [0.15, 0.2) is 0 Å². The third-order valence-corrected chi connectivity index (χ3v) is 7.07. The van der Waals surface area contributed by atoms with E-state index >= 15 is 0 Å². The van der Waals surface area contributed by atoms with Gasteiger partial charge in [0.2, 0.25) is 11.9 Å². The van der Waals surface area contributed by atoms with E-state index in [9.17, 15) is 14.0 Å². The molecule has 0 radical (unpaired) electrons. The molecule has 1 unspecified atom stereocenters. The van der Waals surface area contributed by atoms with Crippen LogP contribution in [0, 0.1) is 11.7 Å². The largest absolute Gasteiger partial charge is 0.354 e. The van der Waals surface area contributed by atoms with Crippen molar-refractivity contribution in [3.63, 3.8) is 0 Å². The Bertz CT molecular complexity index is 1230. The molecule has 2 aromatic rings. The zero-order valence-electron chi connectivity index (χ0n) is 21.1. The van der Waals surface area contributed by atoms with Gasteiger partial charge in [0.1, 0.15) is 18.5 Å². The van der Waals surface area contributed by atoms with E-state index in [2.05, 4.69) is 37.8 Å². The topological polar surface area (TPSA) is 105 Å². The minimum atomic E-state index is -0.392. The number of rotatable bonds is 6. The summed E-state index contributed by atoms with van der Waals surface area (Å²) in [5.41, 5.74) is 2.52. The van der Waals surface area contributed by atoms with Crippen LogP contribution in [0.1, 0.15) is 56.3 Å². The number of aromatic nitrogens is 3. The molecule has 2 N–H and O–H groups in total. The van der Waals surface area contributed by atoms with Gasteiger partial charge in [0, 0.05) is 29.3 Å². The lowest BCUT2D eigenvalue weighted by Gasteiger charge is -2.37. The van der Waals surface area contributed by atoms with Crippen LogP contribution in [0.2, 0.25) is 0 Å². The predicted molar refractivity (Wildman–Crippen MR) is 137 cm³/mol. The predicted octanol–water partition coefficient (Wildman–Crippen LogP) is 3.18. The Morgan fingerprint density at radius 3 is 2.57 bits per heavy atom. The molecule has 10 heteroatoms. The molecule has 0 bridgehead atoms. The first-order chi connectivity index (χ1) is 17.9. The van der Waals surface area contributed by atoms with Gasteiger partial charge < -0.3 is 10.2 Å². The van der Waals surface area contributed by atoms with Crippen LogP contribution in [-0.4, -0.2) is 55.6 Å². The number of amides is 2. The first-order valence-corrected chi connectivity index (χ1v) is 12.8. The summed E-state index contributed by atoms with van der Waals surface area (Å²) in [7, 11) is 0. The van der Waals surface area contributed by atoms with Crippen LogP contribution >= 0.6 is 0 Å². The molecule has 2 heterocycles. The Kier molecular flexibility index (Phi) is 7.16. The Morgan fingerprint density at radius 2 is 1.89 bits per heavy atom. The Balaban J connectivity index is 1.36. The SMILES string of the molecule is CC(C)NC(=O)C1CCC(N2C3=CC(Cn4cncn4)=CCC3N=C2NC(=O)c2ccc(F)cc2)CC1. The fourth-order valence-electron chi connectivity index (χ4n) is 5.27. The van der Waals surface area contributed by atoms with Crippen molar-refractivity contribution in [3.05, 3.63) is 71.7 Å². The Morgan fingerprint density at radius 1 is 1.14 bits per heavy atom. The standard InChI is InChI=1S/C27H32FN7O2/c1-17(2)31-25(36)20-6-10-22(11-7-20)35-24-13-18(14-34-16-29-15-30-34)3-12-23(24)32-27(35)33-26(37)19-4-8-21(28)9-5-19/h3-5,8-9,13,15-17,20,22-23H,6-7,10-12,14H2,1-2H3,(H,31,36)(H,32,33,37). The van der Waals surface area contributed by atoms with Gasteiger partial charge in [-0.25, -0.2) is 19.0 Å². The highest BCUT2D eigenvalue weighted by Gasteiger charge is 2.39. The number of hydrogen-bond donors (Lipinski definition) is 2. The van der Waals surface area contributed by atoms with Crippen LogP contribution in [0.5, 0.6) is 0 Å². The molecule has 0 saturated heterocycles. The molecule has 2 amide bonds. The van der Waals surface area contributed by atoms with Crippen LogP contribution in [0.15, 0.2) is 65.3 Å². The second kappa shape index (κ2) is 10.7. The summed E-state index contributed by atoms with van der Waals surface area (Å²) < 4.78 is 15.2. The first-order valence-electron chi connectivity index (χ1n) is 12.8. The molecule has 9 nitrogen and oxygen atoms in total. The molecule has 1 fully saturated rings. The van der Waals surface area contributed by atoms with E-state index in [-0.39, 0.29) is 35.9 Å². The maximum Gasteiger partial charge on any atom is 0.257 e. The molecule has 37 heavy (non-hydrogen) atoms. The van der Waals surface area contributed by atoms with Gasteiger partial charge in [-0.15, -0.1) is 0 Å². The molecule has 1 saturated carbocycles. The number of fused-ring (bicyclic) bond motifs is 1. The van der Waals surface area contributed by atoms with Crippen LogP contribution in [0.4, 0.5) is 4.39 Å². The summed E-state index contributed by atoms with van der Waals surface area (Å²) in [6.07, 6.45) is 11.4. The molecular weight excluding hydrogens is 473 g/mol. The summed E-state index contributed by atoms with van der Waals surface area (Å²) in [4.78, 5) is 36.7. The number of carbonyl (C=O) groups excluding carboxylic acids is 2. The van der Waals surface area contributed by atoms with Crippen LogP contribution < -0.4 is 10.6 Å². The number of benzene rings is 1. The van der Waals surface area contributed by atoms with E-state index in [4.69, 9.17) is 4.99 Å². The number of nitrogens with zero attached hydrogens (tertiary/aromatic N) is 5. The van der Waals surface area contributed by atoms with Gasteiger partial charge in [0.25, 0.3) is 5.91 Å². The van der Waals surface area contributed by atoms with Gasteiger partial charge in [-0.1, -0.05) is 6.08 Å². The molecule has 1 aliphatic heterocycles. The summed E-state index contributed by atoms with van der Waals surface area (Å²) >= 11 is 0. The van der Waals surface area contributed by atoms with E-state index in [1.807, 2.05) is 13.8 Å².